The Morgan fingerprint density at radius 2 is 1.82 bits per heavy atom. The highest BCUT2D eigenvalue weighted by Crippen LogP contribution is 2.29. The fraction of sp³-hybridized carbons (Fsp3) is 0.609. The summed E-state index contributed by atoms with van der Waals surface area (Å²) in [4.78, 5) is 39.6. The highest BCUT2D eigenvalue weighted by molar-refractivity contribution is 6.38. The summed E-state index contributed by atoms with van der Waals surface area (Å²) < 4.78 is 5.45. The van der Waals surface area contributed by atoms with Crippen molar-refractivity contribution in [3.63, 3.8) is 0 Å². The van der Waals surface area contributed by atoms with Crippen LogP contribution in [0.1, 0.15) is 58.9 Å². The van der Waals surface area contributed by atoms with Crippen molar-refractivity contribution in [2.45, 2.75) is 65.8 Å². The first-order valence-electron chi connectivity index (χ1n) is 10.3. The van der Waals surface area contributed by atoms with E-state index in [1.165, 1.54) is 10.5 Å². The Kier molecular flexibility index (Phi) is 7.78. The fourth-order valence-corrected chi connectivity index (χ4v) is 3.28. The Hall–Kier alpha value is -2.17. The number of carbonyl (C=O) groups is 3. The van der Waals surface area contributed by atoms with Gasteiger partial charge < -0.3 is 9.64 Å². The SMILES string of the molecule is CC(C)C(C)(C)C(=O)C(=O)N1CCCC[C@H]1C(=O)OCCCc1ccccc1. The third-order valence-electron chi connectivity index (χ3n) is 5.96. The van der Waals surface area contributed by atoms with Crippen LogP contribution in [0.5, 0.6) is 0 Å². The Balaban J connectivity index is 1.93. The molecule has 0 aromatic heterocycles. The number of likely N-dealkylation sites (tertiary alicyclic amines) is 1. The molecule has 2 rings (SSSR count). The summed E-state index contributed by atoms with van der Waals surface area (Å²) in [5.41, 5.74) is 0.452. The van der Waals surface area contributed by atoms with Crippen LogP contribution < -0.4 is 0 Å². The van der Waals surface area contributed by atoms with Gasteiger partial charge in [0, 0.05) is 12.0 Å². The lowest BCUT2D eigenvalue weighted by Crippen LogP contribution is -2.53. The molecular weight excluding hydrogens is 354 g/mol. The van der Waals surface area contributed by atoms with E-state index in [-0.39, 0.29) is 5.92 Å². The number of Topliss-reactive ketones (excluding diaryl/α,β-unsaturated/α-hetero) is 1. The summed E-state index contributed by atoms with van der Waals surface area (Å²) in [6.07, 6.45) is 3.78. The molecule has 0 N–H and O–H groups in total. The van der Waals surface area contributed by atoms with Crippen LogP contribution in [0.4, 0.5) is 0 Å². The fourth-order valence-electron chi connectivity index (χ4n) is 3.28. The van der Waals surface area contributed by atoms with Crippen LogP contribution in [0.2, 0.25) is 0 Å². The van der Waals surface area contributed by atoms with Crippen LogP contribution >= 0.6 is 0 Å². The van der Waals surface area contributed by atoms with E-state index in [1.54, 1.807) is 13.8 Å². The number of amides is 1. The first-order valence-corrected chi connectivity index (χ1v) is 10.3. The van der Waals surface area contributed by atoms with Crippen molar-refractivity contribution in [1.82, 2.24) is 4.90 Å². The number of ether oxygens (including phenoxy) is 1. The van der Waals surface area contributed by atoms with Crippen LogP contribution in [-0.2, 0) is 25.5 Å². The minimum absolute atomic E-state index is 0.0390. The van der Waals surface area contributed by atoms with Gasteiger partial charge >= 0.3 is 5.97 Å². The lowest BCUT2D eigenvalue weighted by Gasteiger charge is -2.36. The minimum Gasteiger partial charge on any atom is -0.464 e. The smallest absolute Gasteiger partial charge is 0.328 e. The van der Waals surface area contributed by atoms with Gasteiger partial charge in [0.25, 0.3) is 5.91 Å². The Morgan fingerprint density at radius 1 is 1.14 bits per heavy atom. The monoisotopic (exact) mass is 387 g/mol. The third kappa shape index (κ3) is 5.43. The van der Waals surface area contributed by atoms with Crippen LogP contribution in [0, 0.1) is 11.3 Å². The predicted octanol–water partition coefficient (Wildman–Crippen LogP) is 3.79. The second kappa shape index (κ2) is 9.85. The van der Waals surface area contributed by atoms with Gasteiger partial charge in [-0.05, 0) is 43.6 Å². The summed E-state index contributed by atoms with van der Waals surface area (Å²) >= 11 is 0. The van der Waals surface area contributed by atoms with Gasteiger partial charge in [-0.1, -0.05) is 58.0 Å². The predicted molar refractivity (Wildman–Crippen MR) is 109 cm³/mol. The minimum atomic E-state index is -0.751. The maximum atomic E-state index is 12.8. The van der Waals surface area contributed by atoms with Gasteiger partial charge in [-0.25, -0.2) is 4.79 Å². The Bertz CT molecular complexity index is 681. The number of carbonyl (C=O) groups excluding carboxylic acids is 3. The molecule has 1 aliphatic heterocycles. The number of hydrogen-bond donors (Lipinski definition) is 0. The summed E-state index contributed by atoms with van der Waals surface area (Å²) in [7, 11) is 0. The molecule has 1 atom stereocenters. The third-order valence-corrected chi connectivity index (χ3v) is 5.96. The average Bonchev–Trinajstić information content (AvgIpc) is 2.70. The molecule has 154 valence electrons. The molecule has 1 fully saturated rings. The molecule has 0 aliphatic carbocycles. The van der Waals surface area contributed by atoms with Crippen LogP contribution in [0.3, 0.4) is 0 Å². The summed E-state index contributed by atoms with van der Waals surface area (Å²) in [5.74, 6) is -1.33. The number of rotatable bonds is 8. The molecule has 0 unspecified atom stereocenters. The van der Waals surface area contributed by atoms with Crippen molar-refractivity contribution < 1.29 is 19.1 Å². The van der Waals surface area contributed by atoms with Crippen molar-refractivity contribution in [2.75, 3.05) is 13.2 Å². The van der Waals surface area contributed by atoms with Gasteiger partial charge in [0.05, 0.1) is 6.61 Å². The van der Waals surface area contributed by atoms with Gasteiger partial charge in [-0.2, -0.15) is 0 Å². The topological polar surface area (TPSA) is 63.7 Å². The number of ketones is 1. The van der Waals surface area contributed by atoms with Crippen molar-refractivity contribution in [2.24, 2.45) is 11.3 Å². The van der Waals surface area contributed by atoms with E-state index in [2.05, 4.69) is 0 Å². The van der Waals surface area contributed by atoms with E-state index in [1.807, 2.05) is 44.2 Å². The Labute approximate surface area is 168 Å². The van der Waals surface area contributed by atoms with Crippen molar-refractivity contribution in [3.8, 4) is 0 Å². The molecule has 1 aliphatic rings. The molecule has 0 bridgehead atoms. The second-order valence-corrected chi connectivity index (χ2v) is 8.47. The molecule has 5 nitrogen and oxygen atoms in total. The zero-order chi connectivity index (χ0) is 20.7. The molecule has 1 aromatic carbocycles. The second-order valence-electron chi connectivity index (χ2n) is 8.47. The first-order chi connectivity index (χ1) is 13.2. The number of hydrogen-bond acceptors (Lipinski definition) is 4. The van der Waals surface area contributed by atoms with E-state index in [0.717, 1.165) is 25.7 Å². The molecule has 5 heteroatoms. The highest BCUT2D eigenvalue weighted by atomic mass is 16.5. The quantitative estimate of drug-likeness (QED) is 0.387. The molecule has 0 saturated carbocycles. The van der Waals surface area contributed by atoms with E-state index >= 15 is 0 Å². The summed E-state index contributed by atoms with van der Waals surface area (Å²) in [6.45, 7) is 8.19. The Morgan fingerprint density at radius 3 is 2.46 bits per heavy atom. The molecule has 1 heterocycles. The molecule has 0 radical (unpaired) electrons. The van der Waals surface area contributed by atoms with Gasteiger partial charge in [-0.15, -0.1) is 0 Å². The van der Waals surface area contributed by atoms with E-state index in [4.69, 9.17) is 4.74 Å². The lowest BCUT2D eigenvalue weighted by atomic mass is 9.76. The van der Waals surface area contributed by atoms with Crippen LogP contribution in [0.25, 0.3) is 0 Å². The van der Waals surface area contributed by atoms with Crippen molar-refractivity contribution >= 4 is 17.7 Å². The number of piperidine rings is 1. The molecular formula is C23H33NO4. The van der Waals surface area contributed by atoms with E-state index in [0.29, 0.717) is 19.6 Å². The zero-order valence-electron chi connectivity index (χ0n) is 17.6. The first kappa shape index (κ1) is 22.1. The molecule has 1 aromatic rings. The molecule has 1 saturated heterocycles. The largest absolute Gasteiger partial charge is 0.464 e. The summed E-state index contributed by atoms with van der Waals surface area (Å²) in [6, 6.07) is 9.40. The van der Waals surface area contributed by atoms with Gasteiger partial charge in [-0.3, -0.25) is 9.59 Å². The van der Waals surface area contributed by atoms with Crippen molar-refractivity contribution in [3.05, 3.63) is 35.9 Å². The molecule has 0 spiro atoms. The number of esters is 1. The maximum Gasteiger partial charge on any atom is 0.328 e. The number of benzene rings is 1. The van der Waals surface area contributed by atoms with Gasteiger partial charge in [0.2, 0.25) is 5.78 Å². The average molecular weight is 388 g/mol. The van der Waals surface area contributed by atoms with Crippen LogP contribution in [0.15, 0.2) is 30.3 Å². The molecule has 1 amide bonds. The normalized spacial score (nSPS) is 17.5. The lowest BCUT2D eigenvalue weighted by molar-refractivity contribution is -0.161. The molecule has 28 heavy (non-hydrogen) atoms. The maximum absolute atomic E-state index is 12.8. The standard InChI is InChI=1S/C23H33NO4/c1-17(2)23(3,4)20(25)21(26)24-15-9-8-14-19(24)22(27)28-16-10-13-18-11-6-5-7-12-18/h5-7,11-12,17,19H,8-10,13-16H2,1-4H3/t19-/m0/s1. The number of aryl methyl sites for hydroxylation is 1. The van der Waals surface area contributed by atoms with Crippen LogP contribution in [-0.4, -0.2) is 41.8 Å². The van der Waals surface area contributed by atoms with E-state index in [9.17, 15) is 14.4 Å². The van der Waals surface area contributed by atoms with E-state index < -0.39 is 29.1 Å². The summed E-state index contributed by atoms with van der Waals surface area (Å²) in [5, 5.41) is 0. The highest BCUT2D eigenvalue weighted by Gasteiger charge is 2.42. The van der Waals surface area contributed by atoms with Crippen molar-refractivity contribution in [1.29, 1.82) is 0 Å². The van der Waals surface area contributed by atoms with Gasteiger partial charge in [0.15, 0.2) is 0 Å². The zero-order valence-corrected chi connectivity index (χ0v) is 17.6. The number of nitrogens with zero attached hydrogens (tertiary/aromatic N) is 1. The van der Waals surface area contributed by atoms with Gasteiger partial charge in [0.1, 0.15) is 6.04 Å².